The molecule has 76 valence electrons. The Morgan fingerprint density at radius 2 is 2.36 bits per heavy atom. The first-order chi connectivity index (χ1) is 6.74. The van der Waals surface area contributed by atoms with Crippen molar-refractivity contribution in [1.29, 1.82) is 0 Å². The first kappa shape index (κ1) is 9.30. The summed E-state index contributed by atoms with van der Waals surface area (Å²) in [6, 6.07) is 1.83. The molecule has 1 aliphatic heterocycles. The zero-order valence-corrected chi connectivity index (χ0v) is 8.00. The minimum atomic E-state index is 0.246. The molecule has 0 radical (unpaired) electrons. The van der Waals surface area contributed by atoms with Gasteiger partial charge < -0.3 is 15.1 Å². The Labute approximate surface area is 82.1 Å². The number of benzene rings is 1. The van der Waals surface area contributed by atoms with Crippen molar-refractivity contribution in [2.24, 2.45) is 0 Å². The van der Waals surface area contributed by atoms with Gasteiger partial charge in [-0.25, -0.2) is 5.48 Å². The Morgan fingerprint density at radius 3 is 3.07 bits per heavy atom. The Kier molecular flexibility index (Phi) is 2.31. The summed E-state index contributed by atoms with van der Waals surface area (Å²) in [5.74, 6) is 1.07. The first-order valence-corrected chi connectivity index (χ1v) is 4.58. The van der Waals surface area contributed by atoms with E-state index in [4.69, 9.17) is 9.94 Å². The topological polar surface area (TPSA) is 61.7 Å². The van der Waals surface area contributed by atoms with Gasteiger partial charge in [-0.3, -0.25) is 0 Å². The number of aromatic hydroxyl groups is 1. The highest BCUT2D eigenvalue weighted by atomic mass is 16.5. The number of hydrogen-bond acceptors (Lipinski definition) is 4. The number of hydrogen-bond donors (Lipinski definition) is 3. The summed E-state index contributed by atoms with van der Waals surface area (Å²) in [5.41, 5.74) is 4.57. The van der Waals surface area contributed by atoms with E-state index in [9.17, 15) is 5.11 Å². The molecule has 0 saturated carbocycles. The van der Waals surface area contributed by atoms with Crippen molar-refractivity contribution in [3.8, 4) is 11.5 Å². The molecule has 2 rings (SSSR count). The van der Waals surface area contributed by atoms with Crippen molar-refractivity contribution in [3.63, 3.8) is 0 Å². The molecule has 0 spiro atoms. The van der Waals surface area contributed by atoms with Crippen LogP contribution < -0.4 is 10.2 Å². The Hall–Kier alpha value is -1.26. The van der Waals surface area contributed by atoms with Gasteiger partial charge in [-0.05, 0) is 18.6 Å². The van der Waals surface area contributed by atoms with Gasteiger partial charge in [0, 0.05) is 24.1 Å². The zero-order valence-electron chi connectivity index (χ0n) is 8.00. The largest absolute Gasteiger partial charge is 0.507 e. The lowest BCUT2D eigenvalue weighted by atomic mass is 10.0. The molecule has 0 unspecified atom stereocenters. The molecule has 0 atom stereocenters. The van der Waals surface area contributed by atoms with Crippen molar-refractivity contribution < 1.29 is 15.1 Å². The Balaban J connectivity index is 2.54. The third-order valence-electron chi connectivity index (χ3n) is 2.53. The number of hydroxylamine groups is 1. The maximum absolute atomic E-state index is 9.79. The van der Waals surface area contributed by atoms with Gasteiger partial charge in [0.15, 0.2) is 0 Å². The van der Waals surface area contributed by atoms with Crippen molar-refractivity contribution in [2.45, 2.75) is 19.9 Å². The number of nitrogens with one attached hydrogen (secondary N) is 1. The Morgan fingerprint density at radius 1 is 1.57 bits per heavy atom. The highest BCUT2D eigenvalue weighted by Gasteiger charge is 2.20. The quantitative estimate of drug-likeness (QED) is 0.619. The van der Waals surface area contributed by atoms with Crippen LogP contribution in [0.5, 0.6) is 11.5 Å². The fraction of sp³-hybridized carbons (Fsp3) is 0.400. The summed E-state index contributed by atoms with van der Waals surface area (Å²) in [7, 11) is 0. The fourth-order valence-electron chi connectivity index (χ4n) is 1.82. The van der Waals surface area contributed by atoms with E-state index < -0.39 is 0 Å². The number of ether oxygens (including phenoxy) is 1. The van der Waals surface area contributed by atoms with Gasteiger partial charge in [-0.1, -0.05) is 0 Å². The normalized spacial score (nSPS) is 13.9. The summed E-state index contributed by atoms with van der Waals surface area (Å²) in [5, 5.41) is 18.5. The van der Waals surface area contributed by atoms with Crippen LogP contribution in [0, 0.1) is 6.92 Å². The molecule has 4 nitrogen and oxygen atoms in total. The second-order valence-corrected chi connectivity index (χ2v) is 3.43. The monoisotopic (exact) mass is 195 g/mol. The highest BCUT2D eigenvalue weighted by Crippen LogP contribution is 2.36. The van der Waals surface area contributed by atoms with Crippen molar-refractivity contribution in [2.75, 3.05) is 6.61 Å². The first-order valence-electron chi connectivity index (χ1n) is 4.58. The van der Waals surface area contributed by atoms with Crippen molar-refractivity contribution >= 4 is 0 Å². The summed E-state index contributed by atoms with van der Waals surface area (Å²) in [6.45, 7) is 2.72. The van der Waals surface area contributed by atoms with E-state index in [1.807, 2.05) is 13.0 Å². The van der Waals surface area contributed by atoms with E-state index in [1.165, 1.54) is 0 Å². The van der Waals surface area contributed by atoms with Gasteiger partial charge in [0.05, 0.1) is 6.61 Å². The average Bonchev–Trinajstić information content (AvgIpc) is 2.60. The van der Waals surface area contributed by atoms with Crippen LogP contribution in [0.2, 0.25) is 0 Å². The van der Waals surface area contributed by atoms with Crippen LogP contribution in [0.3, 0.4) is 0 Å². The predicted molar refractivity (Wildman–Crippen MR) is 50.7 cm³/mol. The molecular formula is C10H13NO3. The lowest BCUT2D eigenvalue weighted by molar-refractivity contribution is 0.160. The van der Waals surface area contributed by atoms with Crippen molar-refractivity contribution in [1.82, 2.24) is 5.48 Å². The lowest BCUT2D eigenvalue weighted by Gasteiger charge is -2.11. The molecule has 0 saturated heterocycles. The van der Waals surface area contributed by atoms with Gasteiger partial charge in [-0.2, -0.15) is 0 Å². The number of fused-ring (bicyclic) bond motifs is 1. The SMILES string of the molecule is Cc1cc2c(c(CNO)c1O)CCO2. The van der Waals surface area contributed by atoms with Crippen LogP contribution in [0.1, 0.15) is 16.7 Å². The van der Waals surface area contributed by atoms with Crippen LogP contribution in [0.25, 0.3) is 0 Å². The minimum Gasteiger partial charge on any atom is -0.507 e. The molecule has 0 bridgehead atoms. The van der Waals surface area contributed by atoms with Gasteiger partial charge in [0.25, 0.3) is 0 Å². The lowest BCUT2D eigenvalue weighted by Crippen LogP contribution is -2.08. The zero-order chi connectivity index (χ0) is 10.1. The third kappa shape index (κ3) is 1.32. The second-order valence-electron chi connectivity index (χ2n) is 3.43. The van der Waals surface area contributed by atoms with Gasteiger partial charge in [0.2, 0.25) is 0 Å². The van der Waals surface area contributed by atoms with Gasteiger partial charge >= 0.3 is 0 Å². The second kappa shape index (κ2) is 3.48. The van der Waals surface area contributed by atoms with Crippen LogP contribution in [0.4, 0.5) is 0 Å². The molecule has 1 aromatic carbocycles. The highest BCUT2D eigenvalue weighted by molar-refractivity contribution is 5.54. The maximum atomic E-state index is 9.79. The molecule has 3 N–H and O–H groups in total. The molecule has 0 aromatic heterocycles. The summed E-state index contributed by atoms with van der Waals surface area (Å²) < 4.78 is 5.40. The molecule has 0 fully saturated rings. The van der Waals surface area contributed by atoms with E-state index in [0.717, 1.165) is 28.9 Å². The molecular weight excluding hydrogens is 182 g/mol. The van der Waals surface area contributed by atoms with E-state index in [2.05, 4.69) is 5.48 Å². The summed E-state index contributed by atoms with van der Waals surface area (Å²) in [6.07, 6.45) is 0.792. The molecule has 4 heteroatoms. The molecule has 14 heavy (non-hydrogen) atoms. The molecule has 0 amide bonds. The summed E-state index contributed by atoms with van der Waals surface area (Å²) in [4.78, 5) is 0. The van der Waals surface area contributed by atoms with Crippen LogP contribution in [0.15, 0.2) is 6.07 Å². The fourth-order valence-corrected chi connectivity index (χ4v) is 1.82. The predicted octanol–water partition coefficient (Wildman–Crippen LogP) is 1.11. The number of aryl methyl sites for hydroxylation is 1. The molecule has 1 aliphatic rings. The van der Waals surface area contributed by atoms with E-state index in [-0.39, 0.29) is 12.3 Å². The van der Waals surface area contributed by atoms with Crippen LogP contribution in [-0.2, 0) is 13.0 Å². The number of phenols is 1. The average molecular weight is 195 g/mol. The Bertz CT molecular complexity index is 363. The van der Waals surface area contributed by atoms with Crippen molar-refractivity contribution in [3.05, 3.63) is 22.8 Å². The standard InChI is InChI=1S/C10H13NO3/c1-6-4-9-7(2-3-14-9)8(5-11-13)10(6)12/h4,11-13H,2-3,5H2,1H3. The molecule has 1 heterocycles. The summed E-state index contributed by atoms with van der Waals surface area (Å²) >= 11 is 0. The smallest absolute Gasteiger partial charge is 0.123 e. The number of rotatable bonds is 2. The van der Waals surface area contributed by atoms with Gasteiger partial charge in [-0.15, -0.1) is 0 Å². The molecule has 1 aromatic rings. The van der Waals surface area contributed by atoms with Gasteiger partial charge in [0.1, 0.15) is 11.5 Å². The maximum Gasteiger partial charge on any atom is 0.123 e. The van der Waals surface area contributed by atoms with E-state index >= 15 is 0 Å². The minimum absolute atomic E-state index is 0.246. The third-order valence-corrected chi connectivity index (χ3v) is 2.53. The van der Waals surface area contributed by atoms with Crippen LogP contribution >= 0.6 is 0 Å². The van der Waals surface area contributed by atoms with E-state index in [0.29, 0.717) is 6.61 Å². The van der Waals surface area contributed by atoms with Crippen LogP contribution in [-0.4, -0.2) is 16.9 Å². The van der Waals surface area contributed by atoms with E-state index in [1.54, 1.807) is 0 Å². The molecule has 0 aliphatic carbocycles. The number of phenolic OH excluding ortho intramolecular Hbond substituents is 1.